The van der Waals surface area contributed by atoms with E-state index in [1.54, 1.807) is 6.08 Å². The van der Waals surface area contributed by atoms with Gasteiger partial charge in [-0.3, -0.25) is 14.4 Å². The number of carbonyl (C=O) groups is 3. The first-order chi connectivity index (χ1) is 16.8. The summed E-state index contributed by atoms with van der Waals surface area (Å²) in [7, 11) is 0. The summed E-state index contributed by atoms with van der Waals surface area (Å²) in [6, 6.07) is -1.12. The van der Waals surface area contributed by atoms with Gasteiger partial charge in [-0.2, -0.15) is 0 Å². The monoisotopic (exact) mass is 482 g/mol. The largest absolute Gasteiger partial charge is 0.507 e. The summed E-state index contributed by atoms with van der Waals surface area (Å²) in [4.78, 5) is 37.6. The molecule has 5 fully saturated rings. The van der Waals surface area contributed by atoms with E-state index in [9.17, 15) is 24.6 Å². The second kappa shape index (κ2) is 8.59. The van der Waals surface area contributed by atoms with Gasteiger partial charge in [0.05, 0.1) is 18.3 Å². The van der Waals surface area contributed by atoms with Gasteiger partial charge in [0, 0.05) is 6.54 Å². The van der Waals surface area contributed by atoms with Gasteiger partial charge >= 0.3 is 0 Å². The van der Waals surface area contributed by atoms with Crippen LogP contribution in [0.3, 0.4) is 0 Å². The lowest BCUT2D eigenvalue weighted by Crippen LogP contribution is -2.42. The Balaban J connectivity index is 1.30. The van der Waals surface area contributed by atoms with Gasteiger partial charge in [-0.25, -0.2) is 0 Å². The van der Waals surface area contributed by atoms with E-state index in [4.69, 9.17) is 4.74 Å². The molecule has 8 heteroatoms. The number of rotatable bonds is 0. The van der Waals surface area contributed by atoms with Gasteiger partial charge in [0.25, 0.3) is 5.91 Å². The average Bonchev–Trinajstić information content (AvgIpc) is 3.33. The van der Waals surface area contributed by atoms with Crippen molar-refractivity contribution < 1.29 is 29.3 Å². The summed E-state index contributed by atoms with van der Waals surface area (Å²) in [5.41, 5.74) is -0.298. The first kappa shape index (κ1) is 23.0. The molecule has 0 spiro atoms. The first-order valence-electron chi connectivity index (χ1n) is 13.1. The van der Waals surface area contributed by atoms with Crippen molar-refractivity contribution in [1.82, 2.24) is 10.6 Å². The van der Waals surface area contributed by atoms with Crippen LogP contribution in [0.15, 0.2) is 35.6 Å². The van der Waals surface area contributed by atoms with E-state index >= 15 is 0 Å². The molecule has 35 heavy (non-hydrogen) atoms. The van der Waals surface area contributed by atoms with Crippen LogP contribution in [0.1, 0.15) is 39.0 Å². The molecule has 3 saturated carbocycles. The number of ketones is 1. The molecule has 6 rings (SSSR count). The van der Waals surface area contributed by atoms with Crippen molar-refractivity contribution in [1.29, 1.82) is 0 Å². The Morgan fingerprint density at radius 3 is 2.66 bits per heavy atom. The van der Waals surface area contributed by atoms with Crippen LogP contribution < -0.4 is 10.6 Å². The minimum absolute atomic E-state index is 0.111. The third kappa shape index (κ3) is 3.76. The molecular formula is C27H34N2O6. The second-order valence-corrected chi connectivity index (χ2v) is 11.4. The van der Waals surface area contributed by atoms with Crippen molar-refractivity contribution in [2.75, 3.05) is 6.54 Å². The molecule has 2 saturated heterocycles. The molecule has 0 aromatic heterocycles. The number of aliphatic hydroxyl groups is 2. The van der Waals surface area contributed by atoms with Crippen molar-refractivity contribution in [2.24, 2.45) is 41.4 Å². The zero-order valence-electron chi connectivity index (χ0n) is 19.9. The Morgan fingerprint density at radius 2 is 1.83 bits per heavy atom. The number of amides is 2. The van der Waals surface area contributed by atoms with Crippen molar-refractivity contribution in [3.05, 3.63) is 35.6 Å². The zero-order chi connectivity index (χ0) is 24.4. The third-order valence-electron chi connectivity index (χ3n) is 9.73. The molecule has 4 N–H and O–H groups in total. The lowest BCUT2D eigenvalue weighted by atomic mass is 9.64. The van der Waals surface area contributed by atoms with Crippen LogP contribution in [0.25, 0.3) is 0 Å². The molecular weight excluding hydrogens is 448 g/mol. The van der Waals surface area contributed by atoms with Gasteiger partial charge in [-0.15, -0.1) is 0 Å². The predicted octanol–water partition coefficient (Wildman–Crippen LogP) is 1.56. The van der Waals surface area contributed by atoms with Gasteiger partial charge in [0.15, 0.2) is 5.78 Å². The normalized spacial score (nSPS) is 48.9. The average molecular weight is 483 g/mol. The predicted molar refractivity (Wildman–Crippen MR) is 126 cm³/mol. The van der Waals surface area contributed by atoms with Crippen LogP contribution in [0.2, 0.25) is 0 Å². The van der Waals surface area contributed by atoms with Crippen molar-refractivity contribution in [2.45, 2.75) is 63.4 Å². The van der Waals surface area contributed by atoms with Crippen LogP contribution in [0, 0.1) is 41.4 Å². The van der Waals surface area contributed by atoms with Gasteiger partial charge in [0.1, 0.15) is 17.4 Å². The molecule has 6 aliphatic rings. The summed E-state index contributed by atoms with van der Waals surface area (Å²) in [5, 5.41) is 26.3. The highest BCUT2D eigenvalue weighted by Gasteiger charge is 2.66. The van der Waals surface area contributed by atoms with Gasteiger partial charge in [-0.1, -0.05) is 19.1 Å². The number of fused-ring (bicyclic) bond motifs is 9. The van der Waals surface area contributed by atoms with Crippen LogP contribution >= 0.6 is 0 Å². The summed E-state index contributed by atoms with van der Waals surface area (Å²) < 4.78 is 5.96. The van der Waals surface area contributed by atoms with E-state index in [2.05, 4.69) is 17.6 Å². The summed E-state index contributed by atoms with van der Waals surface area (Å²) in [6.07, 6.45) is 10.8. The van der Waals surface area contributed by atoms with Crippen LogP contribution in [-0.4, -0.2) is 58.7 Å². The molecule has 3 heterocycles. The molecule has 0 aromatic carbocycles. The van der Waals surface area contributed by atoms with E-state index in [1.165, 1.54) is 6.08 Å². The number of hydrogen-bond donors (Lipinski definition) is 4. The zero-order valence-corrected chi connectivity index (χ0v) is 19.9. The number of allylic oxidation sites excluding steroid dienone is 3. The second-order valence-electron chi connectivity index (χ2n) is 11.4. The number of aliphatic hydroxyl groups excluding tert-OH is 2. The number of nitrogens with one attached hydrogen (secondary N) is 2. The summed E-state index contributed by atoms with van der Waals surface area (Å²) in [5.74, 6) is 1.75. The fraction of sp³-hybridized carbons (Fsp3) is 0.667. The van der Waals surface area contributed by atoms with E-state index in [0.717, 1.165) is 25.7 Å². The van der Waals surface area contributed by atoms with Gasteiger partial charge in [-0.05, 0) is 85.7 Å². The lowest BCUT2D eigenvalue weighted by molar-refractivity contribution is -0.118. The Bertz CT molecular complexity index is 1030. The Labute approximate surface area is 204 Å². The molecule has 188 valence electrons. The number of Topliss-reactive ketones (excluding diaryl/α,β-unsaturated/α-hetero) is 1. The highest BCUT2D eigenvalue weighted by molar-refractivity contribution is 6.27. The van der Waals surface area contributed by atoms with Crippen LogP contribution in [-0.2, 0) is 19.1 Å². The number of carbonyl (C=O) groups excluding carboxylic acids is 3. The quantitative estimate of drug-likeness (QED) is 0.306. The van der Waals surface area contributed by atoms with Crippen molar-refractivity contribution in [3.63, 3.8) is 0 Å². The maximum absolute atomic E-state index is 12.8. The maximum atomic E-state index is 12.8. The molecule has 8 nitrogen and oxygen atoms in total. The lowest BCUT2D eigenvalue weighted by Gasteiger charge is -2.41. The highest BCUT2D eigenvalue weighted by atomic mass is 16.6. The van der Waals surface area contributed by atoms with Crippen molar-refractivity contribution >= 4 is 17.6 Å². The van der Waals surface area contributed by atoms with E-state index in [0.29, 0.717) is 47.7 Å². The highest BCUT2D eigenvalue weighted by Crippen LogP contribution is 2.65. The van der Waals surface area contributed by atoms with Crippen LogP contribution in [0.5, 0.6) is 0 Å². The fourth-order valence-corrected chi connectivity index (χ4v) is 8.17. The van der Waals surface area contributed by atoms with Gasteiger partial charge < -0.3 is 25.6 Å². The summed E-state index contributed by atoms with van der Waals surface area (Å²) >= 11 is 0. The van der Waals surface area contributed by atoms with E-state index < -0.39 is 23.8 Å². The molecule has 0 aromatic rings. The third-order valence-corrected chi connectivity index (χ3v) is 9.73. The Hall–Kier alpha value is -2.45. The van der Waals surface area contributed by atoms with Gasteiger partial charge in [0.2, 0.25) is 5.91 Å². The molecule has 2 bridgehead atoms. The maximum Gasteiger partial charge on any atom is 0.259 e. The Morgan fingerprint density at radius 1 is 1.00 bits per heavy atom. The minimum atomic E-state index is -1.16. The summed E-state index contributed by atoms with van der Waals surface area (Å²) in [6.45, 7) is 2.51. The number of ether oxygens (including phenoxy) is 1. The standard InChI is InChI=1S/C27H34N2O6/c1-12-21-15-7-5-13-6-8-18(30)22-24(33)23(29-27(22)34)19(31)9-10-28-20(32)4-2-3-14(13)16(15)11-17(21)26-25(12)35-26/h2,4,6,8,12-17,19,21,23,25-26,30-31H,3,5,7,9-11H2,1H3,(H,28,32)(H,29,34)/b4-2-,8-6+,22-18?. The smallest absolute Gasteiger partial charge is 0.259 e. The minimum Gasteiger partial charge on any atom is -0.507 e. The Kier molecular flexibility index (Phi) is 5.64. The fourth-order valence-electron chi connectivity index (χ4n) is 8.17. The molecule has 0 radical (unpaired) electrons. The number of hydrogen-bond acceptors (Lipinski definition) is 6. The van der Waals surface area contributed by atoms with Crippen LogP contribution in [0.4, 0.5) is 0 Å². The van der Waals surface area contributed by atoms with E-state index in [1.807, 2.05) is 12.2 Å². The molecule has 3 aliphatic carbocycles. The molecule has 3 aliphatic heterocycles. The molecule has 11 atom stereocenters. The topological polar surface area (TPSA) is 128 Å². The first-order valence-corrected chi connectivity index (χ1v) is 13.1. The molecule has 2 amide bonds. The van der Waals surface area contributed by atoms with Crippen molar-refractivity contribution in [3.8, 4) is 0 Å². The van der Waals surface area contributed by atoms with E-state index in [-0.39, 0.29) is 36.1 Å². The molecule has 11 unspecified atom stereocenters. The number of epoxide rings is 1. The SMILES string of the molecule is CC1C2OC2C2CC3C4C/C=C\C(=O)NCCC(O)C5NC(=O)C(=C(O)/C=C/C4CCC3C12)C5=O.